The highest BCUT2D eigenvalue weighted by Gasteiger charge is 1.99. The third-order valence-electron chi connectivity index (χ3n) is 2.66. The minimum Gasteiger partial charge on any atom is -0.508 e. The van der Waals surface area contributed by atoms with Crippen molar-refractivity contribution in [3.63, 3.8) is 0 Å². The summed E-state index contributed by atoms with van der Waals surface area (Å²) >= 11 is 0. The van der Waals surface area contributed by atoms with Crippen LogP contribution in [0.15, 0.2) is 42.5 Å². The van der Waals surface area contributed by atoms with Gasteiger partial charge in [0.1, 0.15) is 18.1 Å². The molecular weight excluding hydrogens is 212 g/mol. The van der Waals surface area contributed by atoms with Crippen LogP contribution in [0.25, 0.3) is 0 Å². The van der Waals surface area contributed by atoms with Crippen LogP contribution in [0.1, 0.15) is 16.7 Å². The van der Waals surface area contributed by atoms with Gasteiger partial charge in [0, 0.05) is 0 Å². The zero-order valence-corrected chi connectivity index (χ0v) is 10.1. The monoisotopic (exact) mass is 228 g/mol. The van der Waals surface area contributed by atoms with Gasteiger partial charge in [-0.15, -0.1) is 0 Å². The van der Waals surface area contributed by atoms with Crippen LogP contribution in [0.4, 0.5) is 0 Å². The second kappa shape index (κ2) is 4.91. The molecule has 2 heteroatoms. The predicted octanol–water partition coefficient (Wildman–Crippen LogP) is 3.59. The molecule has 17 heavy (non-hydrogen) atoms. The molecule has 0 bridgehead atoms. The van der Waals surface area contributed by atoms with E-state index in [1.54, 1.807) is 6.07 Å². The van der Waals surface area contributed by atoms with E-state index in [2.05, 4.69) is 0 Å². The van der Waals surface area contributed by atoms with Gasteiger partial charge >= 0.3 is 0 Å². The fourth-order valence-electron chi connectivity index (χ4n) is 1.68. The summed E-state index contributed by atoms with van der Waals surface area (Å²) in [7, 11) is 0. The summed E-state index contributed by atoms with van der Waals surface area (Å²) in [6, 6.07) is 13.5. The number of hydrogen-bond acceptors (Lipinski definition) is 2. The second-order valence-corrected chi connectivity index (χ2v) is 4.23. The maximum atomic E-state index is 9.42. The molecule has 0 amide bonds. The van der Waals surface area contributed by atoms with E-state index in [4.69, 9.17) is 4.74 Å². The molecule has 2 rings (SSSR count). The molecule has 0 aliphatic carbocycles. The quantitative estimate of drug-likeness (QED) is 0.870. The van der Waals surface area contributed by atoms with E-state index in [9.17, 15) is 5.11 Å². The van der Waals surface area contributed by atoms with Crippen LogP contribution >= 0.6 is 0 Å². The fraction of sp³-hybridized carbons (Fsp3) is 0.200. The number of phenols is 1. The zero-order chi connectivity index (χ0) is 12.3. The first-order valence-corrected chi connectivity index (χ1v) is 5.63. The molecule has 2 aromatic carbocycles. The van der Waals surface area contributed by atoms with Crippen LogP contribution in [0.5, 0.6) is 11.5 Å². The first kappa shape index (κ1) is 11.5. The van der Waals surface area contributed by atoms with Gasteiger partial charge < -0.3 is 9.84 Å². The van der Waals surface area contributed by atoms with Gasteiger partial charge in [0.25, 0.3) is 0 Å². The maximum absolute atomic E-state index is 9.42. The Kier molecular flexibility index (Phi) is 3.33. The maximum Gasteiger partial charge on any atom is 0.120 e. The van der Waals surface area contributed by atoms with E-state index in [0.29, 0.717) is 12.4 Å². The summed E-state index contributed by atoms with van der Waals surface area (Å²) in [5.41, 5.74) is 3.11. The minimum atomic E-state index is 0.323. The van der Waals surface area contributed by atoms with Crippen molar-refractivity contribution in [2.75, 3.05) is 0 Å². The van der Waals surface area contributed by atoms with Crippen LogP contribution in [0.3, 0.4) is 0 Å². The first-order valence-electron chi connectivity index (χ1n) is 5.63. The van der Waals surface area contributed by atoms with Gasteiger partial charge in [-0.05, 0) is 54.8 Å². The summed E-state index contributed by atoms with van der Waals surface area (Å²) < 4.78 is 5.69. The Labute approximate surface area is 101 Å². The van der Waals surface area contributed by atoms with Gasteiger partial charge in [-0.2, -0.15) is 0 Å². The molecule has 0 aliphatic rings. The third-order valence-corrected chi connectivity index (χ3v) is 2.66. The summed E-state index contributed by atoms with van der Waals surface area (Å²) in [5.74, 6) is 1.19. The molecule has 1 N–H and O–H groups in total. The molecule has 0 saturated carbocycles. The number of aromatic hydroxyl groups is 1. The van der Waals surface area contributed by atoms with Gasteiger partial charge in [-0.25, -0.2) is 0 Å². The molecular formula is C15H16O2. The number of aryl methyl sites for hydroxylation is 2. The van der Waals surface area contributed by atoms with Crippen LogP contribution in [0.2, 0.25) is 0 Å². The smallest absolute Gasteiger partial charge is 0.120 e. The Morgan fingerprint density at radius 3 is 2.59 bits per heavy atom. The van der Waals surface area contributed by atoms with Gasteiger partial charge in [-0.3, -0.25) is 0 Å². The summed E-state index contributed by atoms with van der Waals surface area (Å²) in [6.45, 7) is 4.44. The molecule has 2 nitrogen and oxygen atoms in total. The largest absolute Gasteiger partial charge is 0.508 e. The van der Waals surface area contributed by atoms with Crippen LogP contribution in [0, 0.1) is 13.8 Å². The third kappa shape index (κ3) is 3.00. The summed E-state index contributed by atoms with van der Waals surface area (Å²) in [6.07, 6.45) is 0. The summed E-state index contributed by atoms with van der Waals surface area (Å²) in [5, 5.41) is 9.42. The van der Waals surface area contributed by atoms with Crippen molar-refractivity contribution >= 4 is 0 Å². The van der Waals surface area contributed by atoms with Crippen molar-refractivity contribution in [2.45, 2.75) is 20.5 Å². The van der Waals surface area contributed by atoms with E-state index in [1.807, 2.05) is 50.2 Å². The van der Waals surface area contributed by atoms with Crippen LogP contribution in [-0.2, 0) is 6.61 Å². The summed E-state index contributed by atoms with van der Waals surface area (Å²) in [4.78, 5) is 0. The Morgan fingerprint density at radius 1 is 1.06 bits per heavy atom. The van der Waals surface area contributed by atoms with Gasteiger partial charge in [0.05, 0.1) is 0 Å². The lowest BCUT2D eigenvalue weighted by Gasteiger charge is -2.08. The number of phenolic OH excluding ortho intramolecular Hbond substituents is 1. The van der Waals surface area contributed by atoms with Gasteiger partial charge in [0.2, 0.25) is 0 Å². The van der Waals surface area contributed by atoms with E-state index in [0.717, 1.165) is 16.9 Å². The molecule has 0 heterocycles. The molecule has 0 fully saturated rings. The molecule has 0 aliphatic heterocycles. The van der Waals surface area contributed by atoms with Crippen molar-refractivity contribution in [1.29, 1.82) is 0 Å². The fourth-order valence-corrected chi connectivity index (χ4v) is 1.68. The van der Waals surface area contributed by atoms with Crippen molar-refractivity contribution in [1.82, 2.24) is 0 Å². The van der Waals surface area contributed by atoms with Gasteiger partial charge in [-0.1, -0.05) is 18.2 Å². The lowest BCUT2D eigenvalue weighted by Crippen LogP contribution is -1.95. The average molecular weight is 228 g/mol. The highest BCUT2D eigenvalue weighted by molar-refractivity contribution is 5.35. The van der Waals surface area contributed by atoms with E-state index in [-0.39, 0.29) is 0 Å². The molecule has 0 atom stereocenters. The first-order chi connectivity index (χ1) is 8.15. The number of hydrogen-bond donors (Lipinski definition) is 1. The van der Waals surface area contributed by atoms with E-state index >= 15 is 0 Å². The Balaban J connectivity index is 2.05. The lowest BCUT2D eigenvalue weighted by molar-refractivity contribution is 0.305. The topological polar surface area (TPSA) is 29.5 Å². The molecule has 0 radical (unpaired) electrons. The molecule has 2 aromatic rings. The molecule has 0 spiro atoms. The molecule has 0 saturated heterocycles. The van der Waals surface area contributed by atoms with Crippen LogP contribution < -0.4 is 4.74 Å². The highest BCUT2D eigenvalue weighted by Crippen LogP contribution is 2.19. The SMILES string of the molecule is Cc1cccc(OCc2ccc(O)c(C)c2)c1. The standard InChI is InChI=1S/C15H16O2/c1-11-4-3-5-14(8-11)17-10-13-6-7-15(16)12(2)9-13/h3-9,16H,10H2,1-2H3. The van der Waals surface area contributed by atoms with Gasteiger partial charge in [0.15, 0.2) is 0 Å². The van der Waals surface area contributed by atoms with E-state index in [1.165, 1.54) is 5.56 Å². The van der Waals surface area contributed by atoms with Crippen molar-refractivity contribution in [2.24, 2.45) is 0 Å². The zero-order valence-electron chi connectivity index (χ0n) is 10.1. The average Bonchev–Trinajstić information content (AvgIpc) is 2.31. The van der Waals surface area contributed by atoms with Crippen molar-refractivity contribution in [3.8, 4) is 11.5 Å². The molecule has 0 aromatic heterocycles. The Hall–Kier alpha value is -1.96. The predicted molar refractivity (Wildman–Crippen MR) is 68.4 cm³/mol. The normalized spacial score (nSPS) is 10.2. The number of ether oxygens (including phenoxy) is 1. The minimum absolute atomic E-state index is 0.323. The lowest BCUT2D eigenvalue weighted by atomic mass is 10.1. The number of rotatable bonds is 3. The highest BCUT2D eigenvalue weighted by atomic mass is 16.5. The molecule has 0 unspecified atom stereocenters. The number of benzene rings is 2. The van der Waals surface area contributed by atoms with Crippen molar-refractivity contribution < 1.29 is 9.84 Å². The van der Waals surface area contributed by atoms with Crippen molar-refractivity contribution in [3.05, 3.63) is 59.2 Å². The van der Waals surface area contributed by atoms with E-state index < -0.39 is 0 Å². The van der Waals surface area contributed by atoms with Crippen LogP contribution in [-0.4, -0.2) is 5.11 Å². The molecule has 88 valence electrons. The Bertz CT molecular complexity index is 518. The Morgan fingerprint density at radius 2 is 1.88 bits per heavy atom. The second-order valence-electron chi connectivity index (χ2n) is 4.23.